The van der Waals surface area contributed by atoms with Crippen LogP contribution in [-0.4, -0.2) is 43.7 Å². The highest BCUT2D eigenvalue weighted by Crippen LogP contribution is 2.08. The SMILES string of the molecule is C1CNC1.CC.CC.O=CN1CCC(F)C1. The molecule has 0 aromatic rings. The Bertz CT molecular complexity index is 137. The third-order valence-corrected chi connectivity index (χ3v) is 2.02. The van der Waals surface area contributed by atoms with E-state index in [1.807, 2.05) is 27.7 Å². The highest BCUT2D eigenvalue weighted by Gasteiger charge is 2.19. The van der Waals surface area contributed by atoms with Gasteiger partial charge in [-0.15, -0.1) is 0 Å². The molecule has 0 aromatic heterocycles. The summed E-state index contributed by atoms with van der Waals surface area (Å²) in [5.74, 6) is 0. The molecule has 0 aromatic carbocycles. The van der Waals surface area contributed by atoms with Crippen LogP contribution in [0, 0.1) is 0 Å². The summed E-state index contributed by atoms with van der Waals surface area (Å²) in [5, 5.41) is 3.11. The zero-order valence-electron chi connectivity index (χ0n) is 11.1. The monoisotopic (exact) mass is 234 g/mol. The first-order chi connectivity index (χ1) is 7.83. The van der Waals surface area contributed by atoms with Gasteiger partial charge in [0.15, 0.2) is 0 Å². The van der Waals surface area contributed by atoms with Crippen LogP contribution in [0.5, 0.6) is 0 Å². The maximum absolute atomic E-state index is 12.2. The van der Waals surface area contributed by atoms with Gasteiger partial charge >= 0.3 is 0 Å². The highest BCUT2D eigenvalue weighted by molar-refractivity contribution is 5.47. The largest absolute Gasteiger partial charge is 0.342 e. The Labute approximate surface area is 99.4 Å². The van der Waals surface area contributed by atoms with Crippen LogP contribution in [0.4, 0.5) is 4.39 Å². The molecule has 0 radical (unpaired) electrons. The molecular formula is C12H27FN2O. The number of hydrogen-bond acceptors (Lipinski definition) is 2. The van der Waals surface area contributed by atoms with Crippen LogP contribution in [-0.2, 0) is 4.79 Å². The van der Waals surface area contributed by atoms with E-state index < -0.39 is 6.17 Å². The Hall–Kier alpha value is -0.640. The van der Waals surface area contributed by atoms with E-state index in [1.54, 1.807) is 0 Å². The van der Waals surface area contributed by atoms with Gasteiger partial charge in [0.1, 0.15) is 6.17 Å². The molecule has 0 saturated carbocycles. The van der Waals surface area contributed by atoms with Crippen molar-refractivity contribution >= 4 is 6.41 Å². The average Bonchev–Trinajstić information content (AvgIpc) is 2.68. The van der Waals surface area contributed by atoms with Crippen LogP contribution in [0.25, 0.3) is 0 Å². The number of nitrogens with one attached hydrogen (secondary N) is 1. The molecule has 3 nitrogen and oxygen atoms in total. The summed E-state index contributed by atoms with van der Waals surface area (Å²) in [4.78, 5) is 11.4. The number of amides is 1. The molecule has 2 saturated heterocycles. The number of likely N-dealkylation sites (tertiary alicyclic amines) is 1. The minimum absolute atomic E-state index is 0.295. The first-order valence-corrected chi connectivity index (χ1v) is 6.37. The predicted octanol–water partition coefficient (Wildman–Crippen LogP) is 2.22. The van der Waals surface area contributed by atoms with Crippen LogP contribution >= 0.6 is 0 Å². The van der Waals surface area contributed by atoms with Gasteiger partial charge in [-0.3, -0.25) is 4.79 Å². The number of carbonyl (C=O) groups is 1. The van der Waals surface area contributed by atoms with Crippen LogP contribution in [0.2, 0.25) is 0 Å². The number of alkyl halides is 1. The van der Waals surface area contributed by atoms with E-state index in [2.05, 4.69) is 5.32 Å². The molecule has 2 aliphatic heterocycles. The lowest BCUT2D eigenvalue weighted by Crippen LogP contribution is -2.29. The number of nitrogens with zero attached hydrogens (tertiary/aromatic N) is 1. The molecular weight excluding hydrogens is 207 g/mol. The molecule has 1 amide bonds. The fourth-order valence-corrected chi connectivity index (χ4v) is 1.02. The lowest BCUT2D eigenvalue weighted by molar-refractivity contribution is -0.117. The van der Waals surface area contributed by atoms with Crippen molar-refractivity contribution in [1.29, 1.82) is 0 Å². The standard InChI is InChI=1S/C5H8FNO.C3H7N.2C2H6/c6-5-1-2-7(3-5)4-8;1-2-4-3-1;2*1-2/h4-5H,1-3H2;4H,1-3H2;2*1-2H3. The summed E-state index contributed by atoms with van der Waals surface area (Å²) < 4.78 is 12.2. The van der Waals surface area contributed by atoms with Gasteiger partial charge in [-0.1, -0.05) is 27.7 Å². The molecule has 0 spiro atoms. The second-order valence-electron chi connectivity index (χ2n) is 3.09. The summed E-state index contributed by atoms with van der Waals surface area (Å²) in [6, 6.07) is 0. The normalized spacial score (nSPS) is 21.1. The molecule has 1 atom stereocenters. The van der Waals surface area contributed by atoms with E-state index in [0.717, 1.165) is 0 Å². The second-order valence-corrected chi connectivity index (χ2v) is 3.09. The third kappa shape index (κ3) is 9.90. The number of halogens is 1. The van der Waals surface area contributed by atoms with E-state index in [9.17, 15) is 9.18 Å². The van der Waals surface area contributed by atoms with E-state index in [0.29, 0.717) is 25.9 Å². The molecule has 98 valence electrons. The molecule has 0 bridgehead atoms. The average molecular weight is 234 g/mol. The minimum atomic E-state index is -0.778. The van der Waals surface area contributed by atoms with Gasteiger partial charge in [-0.05, 0) is 25.9 Å². The lowest BCUT2D eigenvalue weighted by atomic mass is 10.3. The van der Waals surface area contributed by atoms with Crippen LogP contribution in [0.15, 0.2) is 0 Å². The minimum Gasteiger partial charge on any atom is -0.342 e. The first-order valence-electron chi connectivity index (χ1n) is 6.37. The van der Waals surface area contributed by atoms with Crippen LogP contribution < -0.4 is 5.32 Å². The molecule has 2 rings (SSSR count). The first kappa shape index (κ1) is 17.7. The van der Waals surface area contributed by atoms with Crippen molar-refractivity contribution in [3.8, 4) is 0 Å². The van der Waals surface area contributed by atoms with Gasteiger partial charge in [0, 0.05) is 6.54 Å². The van der Waals surface area contributed by atoms with Crippen molar-refractivity contribution in [2.45, 2.75) is 46.7 Å². The number of carbonyl (C=O) groups excluding carboxylic acids is 1. The number of rotatable bonds is 1. The zero-order chi connectivity index (χ0) is 12.8. The molecule has 16 heavy (non-hydrogen) atoms. The number of hydrogen-bond donors (Lipinski definition) is 1. The maximum Gasteiger partial charge on any atom is 0.209 e. The fourth-order valence-electron chi connectivity index (χ4n) is 1.02. The topological polar surface area (TPSA) is 32.3 Å². The molecule has 2 fully saturated rings. The second kappa shape index (κ2) is 14.4. The van der Waals surface area contributed by atoms with Crippen LogP contribution in [0.3, 0.4) is 0 Å². The molecule has 2 aliphatic rings. The van der Waals surface area contributed by atoms with Crippen molar-refractivity contribution in [2.75, 3.05) is 26.2 Å². The zero-order valence-corrected chi connectivity index (χ0v) is 11.1. The lowest BCUT2D eigenvalue weighted by Gasteiger charge is -2.09. The Morgan fingerprint density at radius 2 is 1.69 bits per heavy atom. The summed E-state index contributed by atoms with van der Waals surface area (Å²) in [6.07, 6.45) is 1.82. The van der Waals surface area contributed by atoms with Gasteiger partial charge < -0.3 is 10.2 Å². The summed E-state index contributed by atoms with van der Waals surface area (Å²) in [6.45, 7) is 11.4. The summed E-state index contributed by atoms with van der Waals surface area (Å²) >= 11 is 0. The van der Waals surface area contributed by atoms with E-state index in [-0.39, 0.29) is 0 Å². The summed E-state index contributed by atoms with van der Waals surface area (Å²) in [5.41, 5.74) is 0. The Kier molecular flexibility index (Phi) is 15.9. The van der Waals surface area contributed by atoms with Crippen molar-refractivity contribution < 1.29 is 9.18 Å². The third-order valence-electron chi connectivity index (χ3n) is 2.02. The van der Waals surface area contributed by atoms with E-state index in [4.69, 9.17) is 0 Å². The van der Waals surface area contributed by atoms with Gasteiger partial charge in [-0.2, -0.15) is 0 Å². The summed E-state index contributed by atoms with van der Waals surface area (Å²) in [7, 11) is 0. The van der Waals surface area contributed by atoms with Gasteiger partial charge in [0.2, 0.25) is 6.41 Å². The molecule has 1 N–H and O–H groups in total. The van der Waals surface area contributed by atoms with Gasteiger partial charge in [0.25, 0.3) is 0 Å². The smallest absolute Gasteiger partial charge is 0.209 e. The van der Waals surface area contributed by atoms with Crippen molar-refractivity contribution in [3.63, 3.8) is 0 Å². The van der Waals surface area contributed by atoms with E-state index in [1.165, 1.54) is 24.4 Å². The Morgan fingerprint density at radius 1 is 1.25 bits per heavy atom. The van der Waals surface area contributed by atoms with E-state index >= 15 is 0 Å². The van der Waals surface area contributed by atoms with Crippen molar-refractivity contribution in [3.05, 3.63) is 0 Å². The van der Waals surface area contributed by atoms with Crippen LogP contribution in [0.1, 0.15) is 40.5 Å². The van der Waals surface area contributed by atoms with Crippen molar-refractivity contribution in [2.24, 2.45) is 0 Å². The molecule has 1 unspecified atom stereocenters. The van der Waals surface area contributed by atoms with Gasteiger partial charge in [0.05, 0.1) is 6.54 Å². The Balaban J connectivity index is 0. The van der Waals surface area contributed by atoms with Crippen molar-refractivity contribution in [1.82, 2.24) is 10.2 Å². The fraction of sp³-hybridized carbons (Fsp3) is 0.917. The van der Waals surface area contributed by atoms with Gasteiger partial charge in [-0.25, -0.2) is 4.39 Å². The highest BCUT2D eigenvalue weighted by atomic mass is 19.1. The Morgan fingerprint density at radius 3 is 1.81 bits per heavy atom. The molecule has 0 aliphatic carbocycles. The maximum atomic E-state index is 12.2. The molecule has 4 heteroatoms. The molecule has 2 heterocycles. The quantitative estimate of drug-likeness (QED) is 0.706. The predicted molar refractivity (Wildman–Crippen MR) is 67.3 cm³/mol.